The zero-order valence-electron chi connectivity index (χ0n) is 6.48. The summed E-state index contributed by atoms with van der Waals surface area (Å²) in [5.41, 5.74) is 0.786. The van der Waals surface area contributed by atoms with Gasteiger partial charge in [0.25, 0.3) is 0 Å². The highest BCUT2D eigenvalue weighted by molar-refractivity contribution is 5.06. The van der Waals surface area contributed by atoms with E-state index in [0.717, 1.165) is 13.1 Å². The Balaban J connectivity index is 2.08. The second kappa shape index (κ2) is 1.74. The molecule has 10 heavy (non-hydrogen) atoms. The topological polar surface area (TPSA) is 32.3 Å². The molecular formula is C8H15NO. The summed E-state index contributed by atoms with van der Waals surface area (Å²) >= 11 is 0. The fourth-order valence-corrected chi connectivity index (χ4v) is 2.81. The quantitative estimate of drug-likeness (QED) is 0.553. The molecule has 1 aliphatic carbocycles. The molecule has 1 saturated carbocycles. The van der Waals surface area contributed by atoms with Gasteiger partial charge in [-0.15, -0.1) is 0 Å². The predicted molar refractivity (Wildman–Crippen MR) is 39.7 cm³/mol. The van der Waals surface area contributed by atoms with Crippen LogP contribution in [0.25, 0.3) is 0 Å². The molecule has 0 spiro atoms. The average molecular weight is 141 g/mol. The van der Waals surface area contributed by atoms with Gasteiger partial charge in [0, 0.05) is 25.1 Å². The molecule has 0 aromatic heterocycles. The molecule has 0 aromatic rings. The molecule has 3 rings (SSSR count). The van der Waals surface area contributed by atoms with Crippen LogP contribution in [-0.2, 0) is 0 Å². The fourth-order valence-electron chi connectivity index (χ4n) is 2.81. The van der Waals surface area contributed by atoms with E-state index in [4.69, 9.17) is 5.11 Å². The highest BCUT2D eigenvalue weighted by Crippen LogP contribution is 2.55. The number of hydrogen-bond acceptors (Lipinski definition) is 2. The number of aliphatic hydroxyl groups is 1. The van der Waals surface area contributed by atoms with Crippen LogP contribution in [0.5, 0.6) is 0 Å². The molecule has 2 N–H and O–H groups in total. The average Bonchev–Trinajstić information content (AvgIpc) is 1.86. The van der Waals surface area contributed by atoms with Gasteiger partial charge < -0.3 is 10.4 Å². The normalized spacial score (nSPS) is 52.2. The Morgan fingerprint density at radius 1 is 1.40 bits per heavy atom. The molecule has 58 valence electrons. The highest BCUT2D eigenvalue weighted by Gasteiger charge is 2.53. The lowest BCUT2D eigenvalue weighted by molar-refractivity contribution is -0.0943. The smallest absolute Gasteiger partial charge is 0.0500 e. The minimum atomic E-state index is 0.271. The van der Waals surface area contributed by atoms with E-state index in [9.17, 15) is 0 Å². The Hall–Kier alpha value is -0.0800. The van der Waals surface area contributed by atoms with Crippen molar-refractivity contribution in [2.24, 2.45) is 10.8 Å². The summed E-state index contributed by atoms with van der Waals surface area (Å²) < 4.78 is 0. The first-order chi connectivity index (χ1) is 4.68. The Kier molecular flexibility index (Phi) is 1.15. The highest BCUT2D eigenvalue weighted by atomic mass is 16.3. The molecule has 0 amide bonds. The first-order valence-electron chi connectivity index (χ1n) is 4.00. The lowest BCUT2D eigenvalue weighted by atomic mass is 9.51. The molecule has 3 fully saturated rings. The largest absolute Gasteiger partial charge is 0.396 e. The van der Waals surface area contributed by atoms with Crippen LogP contribution >= 0.6 is 0 Å². The van der Waals surface area contributed by atoms with Gasteiger partial charge in [0.1, 0.15) is 0 Å². The van der Waals surface area contributed by atoms with Crippen LogP contribution < -0.4 is 5.32 Å². The number of aliphatic hydroxyl groups excluding tert-OH is 1. The lowest BCUT2D eigenvalue weighted by Gasteiger charge is -2.59. The van der Waals surface area contributed by atoms with Crippen molar-refractivity contribution in [3.63, 3.8) is 0 Å². The van der Waals surface area contributed by atoms with E-state index in [2.05, 4.69) is 12.2 Å². The molecular weight excluding hydrogens is 126 g/mol. The standard InChI is InChI=1S/C8H15NO/c1-7-2-8(3-7,6-10)5-9-4-7/h9-10H,2-6H2,1H3. The fraction of sp³-hybridized carbons (Fsp3) is 1.00. The Bertz CT molecular complexity index is 149. The molecule has 0 radical (unpaired) electrons. The van der Waals surface area contributed by atoms with Gasteiger partial charge in [0.05, 0.1) is 0 Å². The number of piperidine rings is 2. The van der Waals surface area contributed by atoms with Crippen LogP contribution in [0.3, 0.4) is 0 Å². The maximum Gasteiger partial charge on any atom is 0.0500 e. The summed E-state index contributed by atoms with van der Waals surface area (Å²) in [6, 6.07) is 0. The van der Waals surface area contributed by atoms with Crippen molar-refractivity contribution < 1.29 is 5.11 Å². The van der Waals surface area contributed by atoms with Gasteiger partial charge in [-0.2, -0.15) is 0 Å². The van der Waals surface area contributed by atoms with Crippen LogP contribution in [-0.4, -0.2) is 24.8 Å². The van der Waals surface area contributed by atoms with E-state index in [1.165, 1.54) is 12.8 Å². The monoisotopic (exact) mass is 141 g/mol. The molecule has 0 unspecified atom stereocenters. The van der Waals surface area contributed by atoms with Crippen LogP contribution in [0.15, 0.2) is 0 Å². The van der Waals surface area contributed by atoms with Crippen LogP contribution in [0.1, 0.15) is 19.8 Å². The summed E-state index contributed by atoms with van der Waals surface area (Å²) in [6.07, 6.45) is 2.45. The predicted octanol–water partition coefficient (Wildman–Crippen LogP) is 0.368. The molecule has 3 aliphatic rings. The summed E-state index contributed by atoms with van der Waals surface area (Å²) in [5.74, 6) is 0. The second-order valence-electron chi connectivity index (χ2n) is 4.43. The molecule has 0 atom stereocenters. The van der Waals surface area contributed by atoms with Crippen molar-refractivity contribution in [3.05, 3.63) is 0 Å². The summed E-state index contributed by atoms with van der Waals surface area (Å²) in [6.45, 7) is 4.84. The van der Waals surface area contributed by atoms with Gasteiger partial charge >= 0.3 is 0 Å². The molecule has 2 bridgehead atoms. The molecule has 2 heterocycles. The van der Waals surface area contributed by atoms with Crippen molar-refractivity contribution in [1.29, 1.82) is 0 Å². The maximum atomic E-state index is 9.06. The first kappa shape index (κ1) is 6.62. The van der Waals surface area contributed by atoms with Crippen LogP contribution in [0, 0.1) is 10.8 Å². The molecule has 2 aliphatic heterocycles. The minimum absolute atomic E-state index is 0.271. The van der Waals surface area contributed by atoms with Gasteiger partial charge in [-0.05, 0) is 18.3 Å². The third-order valence-electron chi connectivity index (χ3n) is 2.99. The van der Waals surface area contributed by atoms with E-state index < -0.39 is 0 Å². The Morgan fingerprint density at radius 3 is 2.50 bits per heavy atom. The van der Waals surface area contributed by atoms with Crippen molar-refractivity contribution in [1.82, 2.24) is 5.32 Å². The molecule has 2 nitrogen and oxygen atoms in total. The zero-order valence-corrected chi connectivity index (χ0v) is 6.48. The van der Waals surface area contributed by atoms with Crippen molar-refractivity contribution in [2.75, 3.05) is 19.7 Å². The Labute approximate surface area is 61.6 Å². The minimum Gasteiger partial charge on any atom is -0.396 e. The van der Waals surface area contributed by atoms with Gasteiger partial charge in [0.15, 0.2) is 0 Å². The molecule has 2 saturated heterocycles. The molecule has 2 heteroatoms. The van der Waals surface area contributed by atoms with Gasteiger partial charge in [-0.25, -0.2) is 0 Å². The van der Waals surface area contributed by atoms with Crippen LogP contribution in [0.4, 0.5) is 0 Å². The number of rotatable bonds is 1. The van der Waals surface area contributed by atoms with E-state index in [1.54, 1.807) is 0 Å². The van der Waals surface area contributed by atoms with E-state index in [-0.39, 0.29) is 5.41 Å². The van der Waals surface area contributed by atoms with Crippen molar-refractivity contribution in [2.45, 2.75) is 19.8 Å². The maximum absolute atomic E-state index is 9.06. The summed E-state index contributed by atoms with van der Waals surface area (Å²) in [5, 5.41) is 12.4. The molecule has 0 aromatic carbocycles. The number of nitrogens with one attached hydrogen (secondary N) is 1. The summed E-state index contributed by atoms with van der Waals surface area (Å²) in [4.78, 5) is 0. The van der Waals surface area contributed by atoms with Crippen molar-refractivity contribution in [3.8, 4) is 0 Å². The lowest BCUT2D eigenvalue weighted by Crippen LogP contribution is -2.62. The number of hydrogen-bond donors (Lipinski definition) is 2. The SMILES string of the molecule is CC12CNCC(CO)(C1)C2. The Morgan fingerprint density at radius 2 is 2.10 bits per heavy atom. The van der Waals surface area contributed by atoms with Crippen LogP contribution in [0.2, 0.25) is 0 Å². The number of fused-ring (bicyclic) bond motifs is 2. The van der Waals surface area contributed by atoms with Crippen molar-refractivity contribution >= 4 is 0 Å². The van der Waals surface area contributed by atoms with E-state index in [1.807, 2.05) is 0 Å². The zero-order chi connectivity index (χ0) is 7.24. The third-order valence-corrected chi connectivity index (χ3v) is 2.99. The first-order valence-corrected chi connectivity index (χ1v) is 4.00. The van der Waals surface area contributed by atoms with Gasteiger partial charge in [-0.1, -0.05) is 6.92 Å². The summed E-state index contributed by atoms with van der Waals surface area (Å²) in [7, 11) is 0. The van der Waals surface area contributed by atoms with E-state index >= 15 is 0 Å². The third kappa shape index (κ3) is 0.722. The van der Waals surface area contributed by atoms with Gasteiger partial charge in [0.2, 0.25) is 0 Å². The van der Waals surface area contributed by atoms with Gasteiger partial charge in [-0.3, -0.25) is 0 Å². The van der Waals surface area contributed by atoms with E-state index in [0.29, 0.717) is 12.0 Å². The second-order valence-corrected chi connectivity index (χ2v) is 4.43.